The van der Waals surface area contributed by atoms with Crippen LogP contribution >= 0.6 is 27.3 Å². The van der Waals surface area contributed by atoms with Crippen molar-refractivity contribution in [1.29, 1.82) is 0 Å². The Kier molecular flexibility index (Phi) is 6.12. The van der Waals surface area contributed by atoms with E-state index in [-0.39, 0.29) is 24.1 Å². The molecule has 0 bridgehead atoms. The topological polar surface area (TPSA) is 73.2 Å². The van der Waals surface area contributed by atoms with Crippen molar-refractivity contribution in [1.82, 2.24) is 14.9 Å². The SMILES string of the molecule is CCc1sc2ncn(CC(=O)NCC3CCCO3)c(=O)c2c1-c1ccc(Br)cc1. The van der Waals surface area contributed by atoms with E-state index in [1.165, 1.54) is 22.2 Å². The smallest absolute Gasteiger partial charge is 0.263 e. The number of aryl methyl sites for hydroxylation is 1. The van der Waals surface area contributed by atoms with Gasteiger partial charge in [-0.3, -0.25) is 14.2 Å². The zero-order valence-electron chi connectivity index (χ0n) is 16.1. The quantitative estimate of drug-likeness (QED) is 0.589. The second kappa shape index (κ2) is 8.77. The lowest BCUT2D eigenvalue weighted by Gasteiger charge is -2.11. The predicted molar refractivity (Wildman–Crippen MR) is 118 cm³/mol. The predicted octanol–water partition coefficient (Wildman–Crippen LogP) is 3.75. The summed E-state index contributed by atoms with van der Waals surface area (Å²) in [6, 6.07) is 7.92. The molecule has 0 aliphatic carbocycles. The van der Waals surface area contributed by atoms with E-state index < -0.39 is 0 Å². The van der Waals surface area contributed by atoms with Crippen LogP contribution in [-0.4, -0.2) is 34.7 Å². The third kappa shape index (κ3) is 4.29. The first-order valence-corrected chi connectivity index (χ1v) is 11.3. The molecule has 1 aliphatic rings. The second-order valence-electron chi connectivity index (χ2n) is 7.06. The Morgan fingerprint density at radius 2 is 2.17 bits per heavy atom. The van der Waals surface area contributed by atoms with Gasteiger partial charge in [-0.1, -0.05) is 35.0 Å². The first kappa shape index (κ1) is 20.3. The number of amides is 1. The molecule has 0 saturated carbocycles. The lowest BCUT2D eigenvalue weighted by Crippen LogP contribution is -2.36. The molecule has 0 radical (unpaired) electrons. The van der Waals surface area contributed by atoms with Gasteiger partial charge >= 0.3 is 0 Å². The Labute approximate surface area is 181 Å². The van der Waals surface area contributed by atoms with Crippen molar-refractivity contribution in [2.75, 3.05) is 13.2 Å². The fourth-order valence-electron chi connectivity index (χ4n) is 3.60. The first-order chi connectivity index (χ1) is 14.1. The molecule has 3 aromatic rings. The zero-order chi connectivity index (χ0) is 20.4. The van der Waals surface area contributed by atoms with Crippen LogP contribution < -0.4 is 10.9 Å². The van der Waals surface area contributed by atoms with Crippen molar-refractivity contribution >= 4 is 43.4 Å². The van der Waals surface area contributed by atoms with Gasteiger partial charge in [-0.05, 0) is 37.0 Å². The largest absolute Gasteiger partial charge is 0.376 e. The minimum atomic E-state index is -0.208. The van der Waals surface area contributed by atoms with Gasteiger partial charge in [-0.2, -0.15) is 0 Å². The molecule has 1 amide bonds. The number of carbonyl (C=O) groups excluding carboxylic acids is 1. The van der Waals surface area contributed by atoms with Crippen molar-refractivity contribution in [3.63, 3.8) is 0 Å². The van der Waals surface area contributed by atoms with Crippen molar-refractivity contribution in [3.05, 3.63) is 50.3 Å². The van der Waals surface area contributed by atoms with Crippen molar-refractivity contribution in [3.8, 4) is 11.1 Å². The molecule has 1 aromatic carbocycles. The molecule has 0 spiro atoms. The monoisotopic (exact) mass is 475 g/mol. The number of thiophene rings is 1. The molecule has 1 N–H and O–H groups in total. The fraction of sp³-hybridized carbons (Fsp3) is 0.381. The summed E-state index contributed by atoms with van der Waals surface area (Å²) < 4.78 is 7.90. The van der Waals surface area contributed by atoms with Gasteiger partial charge in [0.25, 0.3) is 5.56 Å². The Hall–Kier alpha value is -2.03. The molecule has 152 valence electrons. The first-order valence-electron chi connectivity index (χ1n) is 9.72. The van der Waals surface area contributed by atoms with Gasteiger partial charge in [0.2, 0.25) is 5.91 Å². The van der Waals surface area contributed by atoms with E-state index in [0.717, 1.165) is 46.3 Å². The minimum absolute atomic E-state index is 0.0500. The lowest BCUT2D eigenvalue weighted by molar-refractivity contribution is -0.122. The molecule has 1 aliphatic heterocycles. The molecule has 4 rings (SSSR count). The third-order valence-corrected chi connectivity index (χ3v) is 6.84. The van der Waals surface area contributed by atoms with Gasteiger partial charge in [0, 0.05) is 28.1 Å². The Morgan fingerprint density at radius 3 is 2.86 bits per heavy atom. The summed E-state index contributed by atoms with van der Waals surface area (Å²) in [5, 5.41) is 3.45. The standard InChI is InChI=1S/C21H22BrN3O3S/c1-2-16-18(13-5-7-14(22)8-6-13)19-20(29-16)24-12-25(21(19)27)11-17(26)23-10-15-4-3-9-28-15/h5-8,12,15H,2-4,9-11H2,1H3,(H,23,26). The number of hydrogen-bond acceptors (Lipinski definition) is 5. The van der Waals surface area contributed by atoms with E-state index in [0.29, 0.717) is 16.8 Å². The van der Waals surface area contributed by atoms with Gasteiger partial charge in [0.1, 0.15) is 11.4 Å². The highest BCUT2D eigenvalue weighted by molar-refractivity contribution is 9.10. The molecule has 1 atom stereocenters. The summed E-state index contributed by atoms with van der Waals surface area (Å²) in [6.45, 7) is 3.25. The van der Waals surface area contributed by atoms with Gasteiger partial charge in [-0.15, -0.1) is 11.3 Å². The number of halogens is 1. The zero-order valence-corrected chi connectivity index (χ0v) is 18.5. The molecule has 29 heavy (non-hydrogen) atoms. The maximum absolute atomic E-state index is 13.2. The highest BCUT2D eigenvalue weighted by Gasteiger charge is 2.20. The number of benzene rings is 1. The number of ether oxygens (including phenoxy) is 1. The lowest BCUT2D eigenvalue weighted by atomic mass is 10.0. The van der Waals surface area contributed by atoms with Crippen molar-refractivity contribution in [2.45, 2.75) is 38.8 Å². The number of nitrogens with zero attached hydrogens (tertiary/aromatic N) is 2. The van der Waals surface area contributed by atoms with Gasteiger partial charge in [0.05, 0.1) is 17.8 Å². The van der Waals surface area contributed by atoms with E-state index in [1.54, 1.807) is 0 Å². The van der Waals surface area contributed by atoms with Crippen LogP contribution in [-0.2, 0) is 22.5 Å². The second-order valence-corrected chi connectivity index (χ2v) is 9.06. The van der Waals surface area contributed by atoms with Gasteiger partial charge in [-0.25, -0.2) is 4.98 Å². The molecular weight excluding hydrogens is 454 g/mol. The summed E-state index contributed by atoms with van der Waals surface area (Å²) in [7, 11) is 0. The Bertz CT molecular complexity index is 1080. The number of carbonyl (C=O) groups is 1. The Balaban J connectivity index is 1.65. The van der Waals surface area contributed by atoms with E-state index >= 15 is 0 Å². The van der Waals surface area contributed by atoms with Crippen LogP contribution in [0.25, 0.3) is 21.3 Å². The van der Waals surface area contributed by atoms with Crippen LogP contribution in [0.5, 0.6) is 0 Å². The average Bonchev–Trinajstić information content (AvgIpc) is 3.37. The summed E-state index contributed by atoms with van der Waals surface area (Å²) in [6.07, 6.45) is 4.34. The Morgan fingerprint density at radius 1 is 1.38 bits per heavy atom. The molecule has 2 aromatic heterocycles. The molecular formula is C21H22BrN3O3S. The van der Waals surface area contributed by atoms with E-state index in [4.69, 9.17) is 4.74 Å². The molecule has 8 heteroatoms. The highest BCUT2D eigenvalue weighted by Crippen LogP contribution is 2.36. The molecule has 6 nitrogen and oxygen atoms in total. The molecule has 1 saturated heterocycles. The minimum Gasteiger partial charge on any atom is -0.376 e. The van der Waals surface area contributed by atoms with Crippen LogP contribution in [0.1, 0.15) is 24.6 Å². The van der Waals surface area contributed by atoms with E-state index in [9.17, 15) is 9.59 Å². The van der Waals surface area contributed by atoms with Crippen molar-refractivity contribution in [2.24, 2.45) is 0 Å². The maximum Gasteiger partial charge on any atom is 0.263 e. The summed E-state index contributed by atoms with van der Waals surface area (Å²) >= 11 is 5.00. The number of aromatic nitrogens is 2. The van der Waals surface area contributed by atoms with Crippen LogP contribution in [0.4, 0.5) is 0 Å². The molecule has 1 fully saturated rings. The van der Waals surface area contributed by atoms with Crippen LogP contribution in [0.15, 0.2) is 39.9 Å². The highest BCUT2D eigenvalue weighted by atomic mass is 79.9. The molecule has 1 unspecified atom stereocenters. The summed E-state index contributed by atoms with van der Waals surface area (Å²) in [4.78, 5) is 31.9. The average molecular weight is 476 g/mol. The number of nitrogens with one attached hydrogen (secondary N) is 1. The molecule has 3 heterocycles. The number of rotatable bonds is 6. The summed E-state index contributed by atoms with van der Waals surface area (Å²) in [5.41, 5.74) is 1.72. The van der Waals surface area contributed by atoms with Crippen LogP contribution in [0.3, 0.4) is 0 Å². The van der Waals surface area contributed by atoms with Crippen LogP contribution in [0, 0.1) is 0 Å². The number of hydrogen-bond donors (Lipinski definition) is 1. The van der Waals surface area contributed by atoms with Gasteiger partial charge in [0.15, 0.2) is 0 Å². The summed E-state index contributed by atoms with van der Waals surface area (Å²) in [5.74, 6) is -0.208. The van der Waals surface area contributed by atoms with E-state index in [2.05, 4.69) is 33.2 Å². The fourth-order valence-corrected chi connectivity index (χ4v) is 4.95. The van der Waals surface area contributed by atoms with E-state index in [1.807, 2.05) is 24.3 Å². The normalized spacial score (nSPS) is 16.4. The third-order valence-electron chi connectivity index (χ3n) is 5.07. The van der Waals surface area contributed by atoms with Crippen molar-refractivity contribution < 1.29 is 9.53 Å². The van der Waals surface area contributed by atoms with Crippen LogP contribution in [0.2, 0.25) is 0 Å². The maximum atomic E-state index is 13.2. The number of fused-ring (bicyclic) bond motifs is 1. The van der Waals surface area contributed by atoms with Gasteiger partial charge < -0.3 is 10.1 Å².